The van der Waals surface area contributed by atoms with E-state index in [1.165, 1.54) is 5.56 Å². The minimum Gasteiger partial charge on any atom is -0.493 e. The van der Waals surface area contributed by atoms with Crippen molar-refractivity contribution < 1.29 is 52.3 Å². The molecule has 404 valence electrons. The summed E-state index contributed by atoms with van der Waals surface area (Å²) >= 11 is 0. The third-order valence-corrected chi connectivity index (χ3v) is 13.7. The lowest BCUT2D eigenvalue weighted by molar-refractivity contribution is 0.0702. The molecule has 0 spiro atoms. The van der Waals surface area contributed by atoms with E-state index in [0.717, 1.165) is 35.3 Å². The fourth-order valence-corrected chi connectivity index (χ4v) is 8.32. The average Bonchev–Trinajstić information content (AvgIpc) is 3.48. The van der Waals surface area contributed by atoms with E-state index in [2.05, 4.69) is 39.8 Å². The Bertz CT molecular complexity index is 3400. The van der Waals surface area contributed by atoms with Crippen molar-refractivity contribution in [3.63, 3.8) is 0 Å². The van der Waals surface area contributed by atoms with Gasteiger partial charge in [0.15, 0.2) is 11.6 Å². The topological polar surface area (TPSA) is 133 Å². The van der Waals surface area contributed by atoms with Crippen LogP contribution in [0.25, 0.3) is 0 Å². The van der Waals surface area contributed by atoms with Gasteiger partial charge in [0.1, 0.15) is 69.7 Å². The Morgan fingerprint density at radius 2 is 0.810 bits per heavy atom. The Balaban J connectivity index is 0.768. The lowest BCUT2D eigenvalue weighted by atomic mass is 9.80. The maximum absolute atomic E-state index is 13.9. The summed E-state index contributed by atoms with van der Waals surface area (Å²) in [6.07, 6.45) is 2.19. The Morgan fingerprint density at radius 1 is 0.430 bits per heavy atom. The predicted octanol–water partition coefficient (Wildman–Crippen LogP) is 16.8. The molecule has 0 aromatic heterocycles. The molecule has 0 saturated carbocycles. The van der Waals surface area contributed by atoms with E-state index in [9.17, 15) is 19.2 Å². The number of benzene rings is 8. The fraction of sp³-hybridized carbons (Fsp3) is 0.235. The van der Waals surface area contributed by atoms with Crippen molar-refractivity contribution in [2.75, 3.05) is 6.61 Å². The Labute approximate surface area is 463 Å². The number of carbonyl (C=O) groups excluding carboxylic acids is 4. The van der Waals surface area contributed by atoms with Crippen LogP contribution in [0, 0.1) is 25.2 Å². The minimum atomic E-state index is -0.815. The standard InChI is InChI=1S/C68H66O11/c1-10-67(7,8)79-62-39-13-48(41-46(62)6)42-47-12-38-61(45(5)40-47)78-66(72)52-20-28-57(29-21-52)75-55-24-16-50(17-25-55)64(70)68(9,11-2)43-73-53-30-32-58(33-31-53)76-59-34-36-60(37-35-59)77-65(71)51-18-26-56(27-19-51)74-54-22-14-49(15-23-54)63(69)44(3)4/h12-41,44H,10-11,42-43H2,1-9H3. The van der Waals surface area contributed by atoms with Crippen molar-refractivity contribution in [2.24, 2.45) is 11.3 Å². The first-order chi connectivity index (χ1) is 37.8. The molecular weight excluding hydrogens is 993 g/mol. The predicted molar refractivity (Wildman–Crippen MR) is 306 cm³/mol. The van der Waals surface area contributed by atoms with Gasteiger partial charge in [-0.15, -0.1) is 0 Å². The molecule has 0 aliphatic rings. The summed E-state index contributed by atoms with van der Waals surface area (Å²) < 4.78 is 41.8. The van der Waals surface area contributed by atoms with Crippen molar-refractivity contribution >= 4 is 23.5 Å². The van der Waals surface area contributed by atoms with E-state index in [1.54, 1.807) is 146 Å². The second kappa shape index (κ2) is 25.0. The minimum absolute atomic E-state index is 0.0614. The second-order valence-corrected chi connectivity index (χ2v) is 20.8. The molecule has 0 bridgehead atoms. The summed E-state index contributed by atoms with van der Waals surface area (Å²) in [6.45, 7) is 18.0. The number of aryl methyl sites for hydroxylation is 2. The highest BCUT2D eigenvalue weighted by Gasteiger charge is 2.33. The van der Waals surface area contributed by atoms with E-state index >= 15 is 0 Å². The molecule has 8 aromatic carbocycles. The molecule has 0 amide bonds. The summed E-state index contributed by atoms with van der Waals surface area (Å²) in [5.41, 5.74) is 5.07. The first-order valence-corrected chi connectivity index (χ1v) is 26.5. The molecule has 11 nitrogen and oxygen atoms in total. The molecule has 8 aromatic rings. The number of carbonyl (C=O) groups is 4. The highest BCUT2D eigenvalue weighted by molar-refractivity contribution is 6.00. The van der Waals surface area contributed by atoms with Crippen molar-refractivity contribution in [2.45, 2.75) is 87.2 Å². The highest BCUT2D eigenvalue weighted by Crippen LogP contribution is 2.33. The van der Waals surface area contributed by atoms with E-state index in [0.29, 0.717) is 80.4 Å². The lowest BCUT2D eigenvalue weighted by Gasteiger charge is -2.27. The van der Waals surface area contributed by atoms with Crippen LogP contribution in [0.5, 0.6) is 57.5 Å². The van der Waals surface area contributed by atoms with Gasteiger partial charge in [-0.1, -0.05) is 52.0 Å². The van der Waals surface area contributed by atoms with Gasteiger partial charge in [-0.2, -0.15) is 0 Å². The average molecular weight is 1060 g/mol. The number of hydrogen-bond acceptors (Lipinski definition) is 11. The molecule has 1 unspecified atom stereocenters. The van der Waals surface area contributed by atoms with Gasteiger partial charge in [0.25, 0.3) is 0 Å². The smallest absolute Gasteiger partial charge is 0.343 e. The second-order valence-electron chi connectivity index (χ2n) is 20.8. The number of rotatable bonds is 23. The van der Waals surface area contributed by atoms with Crippen LogP contribution >= 0.6 is 0 Å². The fourth-order valence-electron chi connectivity index (χ4n) is 8.32. The molecule has 11 heteroatoms. The largest absolute Gasteiger partial charge is 0.493 e. The molecule has 0 saturated heterocycles. The maximum Gasteiger partial charge on any atom is 0.343 e. The molecule has 0 fully saturated rings. The molecule has 8 rings (SSSR count). The normalized spacial score (nSPS) is 12.0. The number of ketones is 2. The molecule has 0 N–H and O–H groups in total. The van der Waals surface area contributed by atoms with Gasteiger partial charge in [-0.05, 0) is 234 Å². The Hall–Kier alpha value is -8.96. The number of Topliss-reactive ketones (excluding diaryl/α,β-unsaturated/α-hetero) is 2. The Morgan fingerprint density at radius 3 is 1.23 bits per heavy atom. The summed E-state index contributed by atoms with van der Waals surface area (Å²) in [5, 5.41) is 0. The summed E-state index contributed by atoms with van der Waals surface area (Å²) in [6, 6.07) is 53.2. The highest BCUT2D eigenvalue weighted by atomic mass is 16.5. The molecule has 0 aliphatic carbocycles. The van der Waals surface area contributed by atoms with E-state index in [-0.39, 0.29) is 29.7 Å². The van der Waals surface area contributed by atoms with Gasteiger partial charge in [-0.25, -0.2) is 9.59 Å². The SMILES string of the molecule is CCC(C)(C)Oc1ccc(Cc2ccc(OC(=O)c3ccc(Oc4ccc(C(=O)C(C)(CC)COc5ccc(Oc6ccc(OC(=O)c7ccc(Oc8ccc(C(=O)C(C)C)cc8)cc7)cc6)cc5)cc4)cc3)c(C)c2)cc1C. The number of esters is 2. The van der Waals surface area contributed by atoms with Crippen molar-refractivity contribution in [3.8, 4) is 57.5 Å². The third-order valence-electron chi connectivity index (χ3n) is 13.7. The van der Waals surface area contributed by atoms with Crippen molar-refractivity contribution in [3.05, 3.63) is 226 Å². The molecular formula is C68H66O11. The van der Waals surface area contributed by atoms with Crippen LogP contribution in [-0.2, 0) is 6.42 Å². The van der Waals surface area contributed by atoms with Crippen molar-refractivity contribution in [1.82, 2.24) is 0 Å². The quantitative estimate of drug-likeness (QED) is 0.0344. The zero-order chi connectivity index (χ0) is 56.3. The van der Waals surface area contributed by atoms with Crippen LogP contribution < -0.4 is 33.2 Å². The van der Waals surface area contributed by atoms with Gasteiger partial charge in [0.05, 0.1) is 16.5 Å². The van der Waals surface area contributed by atoms with Crippen LogP contribution in [0.3, 0.4) is 0 Å². The zero-order valence-corrected chi connectivity index (χ0v) is 46.2. The molecule has 0 aliphatic heterocycles. The van der Waals surface area contributed by atoms with E-state index in [1.807, 2.05) is 58.9 Å². The first kappa shape index (κ1) is 56.2. The number of ether oxygens (including phenoxy) is 7. The zero-order valence-electron chi connectivity index (χ0n) is 46.2. The molecule has 1 atom stereocenters. The van der Waals surface area contributed by atoms with Crippen LogP contribution in [0.15, 0.2) is 182 Å². The van der Waals surface area contributed by atoms with Gasteiger partial charge in [-0.3, -0.25) is 9.59 Å². The van der Waals surface area contributed by atoms with Gasteiger partial charge in [0, 0.05) is 17.0 Å². The summed E-state index contributed by atoms with van der Waals surface area (Å²) in [4.78, 5) is 52.2. The van der Waals surface area contributed by atoms with Crippen LogP contribution in [0.1, 0.15) is 125 Å². The van der Waals surface area contributed by atoms with Crippen molar-refractivity contribution in [1.29, 1.82) is 0 Å². The summed E-state index contributed by atoms with van der Waals surface area (Å²) in [5.74, 6) is 4.48. The maximum atomic E-state index is 13.9. The van der Waals surface area contributed by atoms with Crippen LogP contribution in [0.2, 0.25) is 0 Å². The molecule has 0 radical (unpaired) electrons. The lowest BCUT2D eigenvalue weighted by Crippen LogP contribution is -2.33. The van der Waals surface area contributed by atoms with Gasteiger partial charge >= 0.3 is 11.9 Å². The summed E-state index contributed by atoms with van der Waals surface area (Å²) in [7, 11) is 0. The van der Waals surface area contributed by atoms with E-state index in [4.69, 9.17) is 33.2 Å². The molecule has 0 heterocycles. The Kier molecular flexibility index (Phi) is 17.8. The van der Waals surface area contributed by atoms with Gasteiger partial charge in [0.2, 0.25) is 0 Å². The van der Waals surface area contributed by atoms with Gasteiger partial charge < -0.3 is 33.2 Å². The monoisotopic (exact) mass is 1060 g/mol. The number of hydrogen-bond donors (Lipinski definition) is 0. The van der Waals surface area contributed by atoms with Crippen LogP contribution in [0.4, 0.5) is 0 Å². The van der Waals surface area contributed by atoms with E-state index < -0.39 is 17.4 Å². The first-order valence-electron chi connectivity index (χ1n) is 26.5. The van der Waals surface area contributed by atoms with Crippen LogP contribution in [-0.4, -0.2) is 35.7 Å². The third kappa shape index (κ3) is 15.0. The molecule has 79 heavy (non-hydrogen) atoms.